The van der Waals surface area contributed by atoms with Gasteiger partial charge in [-0.2, -0.15) is 17.9 Å². The molecule has 0 heterocycles. The number of nitrogens with two attached hydrogens (primary N) is 1. The fraction of sp³-hybridized carbons (Fsp3) is 1.00. The van der Waals surface area contributed by atoms with Crippen molar-refractivity contribution in [3.05, 3.63) is 0 Å². The van der Waals surface area contributed by atoms with Crippen molar-refractivity contribution < 1.29 is 13.2 Å². The lowest BCUT2D eigenvalue weighted by molar-refractivity contribution is 0.204. The Bertz CT molecular complexity index is 244. The molecule has 0 aliphatic heterocycles. The third kappa shape index (κ3) is 7.69. The van der Waals surface area contributed by atoms with Crippen molar-refractivity contribution in [1.29, 1.82) is 0 Å². The zero-order chi connectivity index (χ0) is 11.7. The predicted molar refractivity (Wildman–Crippen MR) is 59.7 cm³/mol. The Hall–Kier alpha value is -0.210. The van der Waals surface area contributed by atoms with Crippen LogP contribution >= 0.6 is 0 Å². The van der Waals surface area contributed by atoms with Gasteiger partial charge in [0.25, 0.3) is 10.2 Å². The third-order valence-corrected chi connectivity index (χ3v) is 3.07. The van der Waals surface area contributed by atoms with Crippen molar-refractivity contribution in [3.8, 4) is 0 Å². The SMILES string of the molecule is CCCC(CN)NS(=O)(=O)NCCOC. The quantitative estimate of drug-likeness (QED) is 0.458. The van der Waals surface area contributed by atoms with Gasteiger partial charge in [0.1, 0.15) is 0 Å². The van der Waals surface area contributed by atoms with Gasteiger partial charge in [-0.1, -0.05) is 13.3 Å². The molecule has 15 heavy (non-hydrogen) atoms. The smallest absolute Gasteiger partial charge is 0.277 e. The highest BCUT2D eigenvalue weighted by atomic mass is 32.2. The summed E-state index contributed by atoms with van der Waals surface area (Å²) >= 11 is 0. The second-order valence-electron chi connectivity index (χ2n) is 3.23. The Morgan fingerprint density at radius 2 is 2.13 bits per heavy atom. The minimum atomic E-state index is -3.45. The van der Waals surface area contributed by atoms with E-state index in [-0.39, 0.29) is 12.6 Å². The molecular weight excluding hydrogens is 218 g/mol. The standard InChI is InChI=1S/C8H21N3O3S/c1-3-4-8(7-9)11-15(12,13)10-5-6-14-2/h8,10-11H,3-7,9H2,1-2H3. The number of hydrogen-bond acceptors (Lipinski definition) is 4. The van der Waals surface area contributed by atoms with Crippen LogP contribution in [-0.2, 0) is 14.9 Å². The molecule has 0 aromatic rings. The summed E-state index contributed by atoms with van der Waals surface area (Å²) in [5.74, 6) is 0. The van der Waals surface area contributed by atoms with Gasteiger partial charge in [0.2, 0.25) is 0 Å². The molecule has 1 unspecified atom stereocenters. The van der Waals surface area contributed by atoms with Gasteiger partial charge in [-0.15, -0.1) is 0 Å². The summed E-state index contributed by atoms with van der Waals surface area (Å²) in [6.45, 7) is 2.89. The van der Waals surface area contributed by atoms with Crippen LogP contribution in [0.2, 0.25) is 0 Å². The van der Waals surface area contributed by atoms with E-state index in [0.29, 0.717) is 13.2 Å². The van der Waals surface area contributed by atoms with Crippen molar-refractivity contribution in [2.24, 2.45) is 5.73 Å². The van der Waals surface area contributed by atoms with Gasteiger partial charge in [-0.3, -0.25) is 0 Å². The first-order chi connectivity index (χ1) is 7.05. The first kappa shape index (κ1) is 14.8. The minimum Gasteiger partial charge on any atom is -0.383 e. The molecule has 92 valence electrons. The van der Waals surface area contributed by atoms with Crippen LogP contribution in [0.25, 0.3) is 0 Å². The summed E-state index contributed by atoms with van der Waals surface area (Å²) in [4.78, 5) is 0. The lowest BCUT2D eigenvalue weighted by Crippen LogP contribution is -2.46. The van der Waals surface area contributed by atoms with E-state index >= 15 is 0 Å². The van der Waals surface area contributed by atoms with Gasteiger partial charge < -0.3 is 10.5 Å². The lowest BCUT2D eigenvalue weighted by atomic mass is 10.2. The molecule has 0 fully saturated rings. The van der Waals surface area contributed by atoms with Crippen LogP contribution in [0.4, 0.5) is 0 Å². The van der Waals surface area contributed by atoms with Crippen LogP contribution in [-0.4, -0.2) is 41.3 Å². The van der Waals surface area contributed by atoms with Crippen LogP contribution < -0.4 is 15.2 Å². The molecule has 0 saturated carbocycles. The average molecular weight is 239 g/mol. The summed E-state index contributed by atoms with van der Waals surface area (Å²) in [6.07, 6.45) is 1.63. The topological polar surface area (TPSA) is 93.5 Å². The van der Waals surface area contributed by atoms with Crippen LogP contribution in [0.3, 0.4) is 0 Å². The molecule has 4 N–H and O–H groups in total. The normalized spacial score (nSPS) is 14.1. The molecule has 0 radical (unpaired) electrons. The van der Waals surface area contributed by atoms with E-state index in [2.05, 4.69) is 9.44 Å². The first-order valence-corrected chi connectivity index (χ1v) is 6.50. The van der Waals surface area contributed by atoms with Gasteiger partial charge in [0, 0.05) is 26.2 Å². The second-order valence-corrected chi connectivity index (χ2v) is 4.76. The zero-order valence-corrected chi connectivity index (χ0v) is 10.1. The maximum Gasteiger partial charge on any atom is 0.277 e. The molecule has 0 aromatic heterocycles. The molecule has 0 aromatic carbocycles. The molecule has 1 atom stereocenters. The Balaban J connectivity index is 3.99. The fourth-order valence-electron chi connectivity index (χ4n) is 1.11. The Labute approximate surface area is 91.7 Å². The van der Waals surface area contributed by atoms with Crippen molar-refractivity contribution in [1.82, 2.24) is 9.44 Å². The summed E-state index contributed by atoms with van der Waals surface area (Å²) in [5, 5.41) is 0. The number of hydrogen-bond donors (Lipinski definition) is 3. The molecule has 7 heteroatoms. The molecule has 0 aliphatic carbocycles. The second kappa shape index (κ2) is 8.00. The average Bonchev–Trinajstić information content (AvgIpc) is 2.17. The van der Waals surface area contributed by atoms with Crippen molar-refractivity contribution in [2.45, 2.75) is 25.8 Å². The highest BCUT2D eigenvalue weighted by Crippen LogP contribution is 1.95. The van der Waals surface area contributed by atoms with Crippen molar-refractivity contribution in [3.63, 3.8) is 0 Å². The van der Waals surface area contributed by atoms with E-state index < -0.39 is 10.2 Å². The first-order valence-electron chi connectivity index (χ1n) is 5.01. The number of methoxy groups -OCH3 is 1. The molecule has 0 aliphatic rings. The van der Waals surface area contributed by atoms with E-state index in [1.807, 2.05) is 6.92 Å². The zero-order valence-electron chi connectivity index (χ0n) is 9.32. The third-order valence-electron chi connectivity index (χ3n) is 1.84. The molecule has 0 saturated heterocycles. The monoisotopic (exact) mass is 239 g/mol. The number of nitrogens with one attached hydrogen (secondary N) is 2. The summed E-state index contributed by atoms with van der Waals surface area (Å²) in [6, 6.07) is -0.199. The van der Waals surface area contributed by atoms with Crippen LogP contribution in [0.5, 0.6) is 0 Å². The van der Waals surface area contributed by atoms with Gasteiger partial charge in [-0.25, -0.2) is 0 Å². The van der Waals surface area contributed by atoms with E-state index in [9.17, 15) is 8.42 Å². The number of rotatable bonds is 9. The van der Waals surface area contributed by atoms with E-state index in [1.165, 1.54) is 7.11 Å². The lowest BCUT2D eigenvalue weighted by Gasteiger charge is -2.16. The molecule has 6 nitrogen and oxygen atoms in total. The molecule has 0 bridgehead atoms. The van der Waals surface area contributed by atoms with Gasteiger partial charge in [0.15, 0.2) is 0 Å². The highest BCUT2D eigenvalue weighted by molar-refractivity contribution is 7.87. The molecule has 0 rings (SSSR count). The Morgan fingerprint density at radius 1 is 1.47 bits per heavy atom. The van der Waals surface area contributed by atoms with Crippen LogP contribution in [0, 0.1) is 0 Å². The Morgan fingerprint density at radius 3 is 2.60 bits per heavy atom. The van der Waals surface area contributed by atoms with Crippen molar-refractivity contribution in [2.75, 3.05) is 26.8 Å². The summed E-state index contributed by atoms with van der Waals surface area (Å²) < 4.78 is 32.4. The van der Waals surface area contributed by atoms with E-state index in [1.54, 1.807) is 0 Å². The maximum atomic E-state index is 11.4. The molecule has 0 spiro atoms. The van der Waals surface area contributed by atoms with Gasteiger partial charge in [0.05, 0.1) is 6.61 Å². The predicted octanol–water partition coefficient (Wildman–Crippen LogP) is -0.816. The van der Waals surface area contributed by atoms with Gasteiger partial charge >= 0.3 is 0 Å². The maximum absolute atomic E-state index is 11.4. The van der Waals surface area contributed by atoms with E-state index in [0.717, 1.165) is 12.8 Å². The minimum absolute atomic E-state index is 0.199. The fourth-order valence-corrected chi connectivity index (χ4v) is 2.20. The largest absolute Gasteiger partial charge is 0.383 e. The van der Waals surface area contributed by atoms with Crippen molar-refractivity contribution >= 4 is 10.2 Å². The van der Waals surface area contributed by atoms with Gasteiger partial charge in [-0.05, 0) is 6.42 Å². The van der Waals surface area contributed by atoms with Crippen LogP contribution in [0.15, 0.2) is 0 Å². The summed E-state index contributed by atoms with van der Waals surface area (Å²) in [5.41, 5.74) is 5.44. The Kier molecular flexibility index (Phi) is 7.89. The summed E-state index contributed by atoms with van der Waals surface area (Å²) in [7, 11) is -1.93. The van der Waals surface area contributed by atoms with E-state index in [4.69, 9.17) is 10.5 Å². The molecule has 0 amide bonds. The number of ether oxygens (including phenoxy) is 1. The van der Waals surface area contributed by atoms with Crippen LogP contribution in [0.1, 0.15) is 19.8 Å². The highest BCUT2D eigenvalue weighted by Gasteiger charge is 2.14. The molecular formula is C8H21N3O3S.